The average molecular weight is 331 g/mol. The number of nitrogens with zero attached hydrogens (tertiary/aromatic N) is 3. The molecule has 0 bridgehead atoms. The summed E-state index contributed by atoms with van der Waals surface area (Å²) in [6, 6.07) is 8.25. The molecule has 0 aliphatic heterocycles. The summed E-state index contributed by atoms with van der Waals surface area (Å²) in [6.45, 7) is 5.61. The van der Waals surface area contributed by atoms with Crippen LogP contribution >= 0.6 is 15.9 Å². The van der Waals surface area contributed by atoms with Gasteiger partial charge < -0.3 is 5.32 Å². The molecule has 0 aliphatic carbocycles. The second-order valence-corrected chi connectivity index (χ2v) is 6.03. The number of rotatable bonds is 3. The lowest BCUT2D eigenvalue weighted by Gasteiger charge is -2.17. The van der Waals surface area contributed by atoms with Gasteiger partial charge in [-0.25, -0.2) is 9.97 Å². The fourth-order valence-electron chi connectivity index (χ4n) is 1.74. The number of nitriles is 1. The van der Waals surface area contributed by atoms with E-state index in [1.54, 1.807) is 26.2 Å². The fraction of sp³-hybridized carbons (Fsp3) is 0.267. The molecule has 1 aromatic heterocycles. The molecule has 0 fully saturated rings. The molecule has 0 unspecified atom stereocenters. The second kappa shape index (κ2) is 5.59. The Morgan fingerprint density at radius 1 is 1.25 bits per heavy atom. The monoisotopic (exact) mass is 330 g/mol. The van der Waals surface area contributed by atoms with Crippen molar-refractivity contribution in [3.63, 3.8) is 0 Å². The van der Waals surface area contributed by atoms with Crippen molar-refractivity contribution in [2.45, 2.75) is 26.3 Å². The number of benzene rings is 1. The van der Waals surface area contributed by atoms with Crippen molar-refractivity contribution in [2.75, 3.05) is 5.32 Å². The Morgan fingerprint density at radius 2 is 1.90 bits per heavy atom. The number of aryl methyl sites for hydroxylation is 1. The molecule has 0 saturated carbocycles. The van der Waals surface area contributed by atoms with Gasteiger partial charge in [0.2, 0.25) is 5.95 Å². The summed E-state index contributed by atoms with van der Waals surface area (Å²) in [5.74, 6) is 0.452. The van der Waals surface area contributed by atoms with Gasteiger partial charge in [-0.1, -0.05) is 22.0 Å². The van der Waals surface area contributed by atoms with Crippen LogP contribution in [-0.2, 0) is 0 Å². The zero-order chi connectivity index (χ0) is 14.8. The first-order chi connectivity index (χ1) is 9.41. The number of halogens is 1. The van der Waals surface area contributed by atoms with Gasteiger partial charge in [0.1, 0.15) is 5.54 Å². The topological polar surface area (TPSA) is 61.6 Å². The quantitative estimate of drug-likeness (QED) is 0.926. The van der Waals surface area contributed by atoms with Crippen molar-refractivity contribution in [3.05, 3.63) is 40.6 Å². The van der Waals surface area contributed by atoms with Gasteiger partial charge in [-0.3, -0.25) is 0 Å². The van der Waals surface area contributed by atoms with Crippen LogP contribution in [-0.4, -0.2) is 15.5 Å². The zero-order valence-electron chi connectivity index (χ0n) is 11.6. The van der Waals surface area contributed by atoms with E-state index in [0.29, 0.717) is 5.95 Å². The van der Waals surface area contributed by atoms with Crippen LogP contribution in [0, 0.1) is 18.3 Å². The molecule has 0 spiro atoms. The largest absolute Gasteiger partial charge is 0.336 e. The lowest BCUT2D eigenvalue weighted by Crippen LogP contribution is -2.29. The van der Waals surface area contributed by atoms with Crippen molar-refractivity contribution >= 4 is 21.9 Å². The minimum atomic E-state index is -0.687. The summed E-state index contributed by atoms with van der Waals surface area (Å²) in [6.07, 6.45) is 3.52. The van der Waals surface area contributed by atoms with Crippen molar-refractivity contribution in [2.24, 2.45) is 0 Å². The van der Waals surface area contributed by atoms with Crippen molar-refractivity contribution in [1.29, 1.82) is 5.26 Å². The van der Waals surface area contributed by atoms with Crippen molar-refractivity contribution < 1.29 is 0 Å². The molecule has 0 saturated heterocycles. The van der Waals surface area contributed by atoms with Gasteiger partial charge in [-0.15, -0.1) is 0 Å². The molecule has 2 rings (SSSR count). The van der Waals surface area contributed by atoms with E-state index in [1.165, 1.54) is 0 Å². The number of aromatic nitrogens is 2. The number of nitrogens with one attached hydrogen (secondary N) is 1. The zero-order valence-corrected chi connectivity index (χ0v) is 13.2. The normalized spacial score (nSPS) is 10.9. The summed E-state index contributed by atoms with van der Waals surface area (Å²) in [5, 5.41) is 12.0. The average Bonchev–Trinajstić information content (AvgIpc) is 2.42. The van der Waals surface area contributed by atoms with Crippen LogP contribution < -0.4 is 5.32 Å². The van der Waals surface area contributed by atoms with Crippen LogP contribution in [0.3, 0.4) is 0 Å². The van der Waals surface area contributed by atoms with Gasteiger partial charge in [0.05, 0.1) is 6.07 Å². The summed E-state index contributed by atoms with van der Waals surface area (Å²) in [7, 11) is 0. The van der Waals surface area contributed by atoms with Gasteiger partial charge in [0, 0.05) is 22.4 Å². The fourth-order valence-corrected chi connectivity index (χ4v) is 2.11. The molecule has 5 heteroatoms. The molecule has 1 aromatic carbocycles. The van der Waals surface area contributed by atoms with E-state index in [1.807, 2.05) is 25.1 Å². The predicted molar refractivity (Wildman–Crippen MR) is 83.2 cm³/mol. The first kappa shape index (κ1) is 14.5. The Hall–Kier alpha value is -1.93. The van der Waals surface area contributed by atoms with Crippen LogP contribution in [0.15, 0.2) is 35.1 Å². The van der Waals surface area contributed by atoms with Gasteiger partial charge in [0.25, 0.3) is 0 Å². The van der Waals surface area contributed by atoms with Gasteiger partial charge in [0.15, 0.2) is 0 Å². The first-order valence-electron chi connectivity index (χ1n) is 6.19. The SMILES string of the molecule is Cc1ccc(Br)cc1-c1cnc(NC(C)(C)C#N)nc1. The molecule has 0 amide bonds. The summed E-state index contributed by atoms with van der Waals surface area (Å²) in [5.41, 5.74) is 2.51. The number of hydrogen-bond acceptors (Lipinski definition) is 4. The molecule has 4 nitrogen and oxygen atoms in total. The van der Waals surface area contributed by atoms with Gasteiger partial charge in [-0.05, 0) is 44.0 Å². The Kier molecular flexibility index (Phi) is 4.05. The maximum atomic E-state index is 8.98. The molecule has 0 radical (unpaired) electrons. The van der Waals surface area contributed by atoms with Crippen LogP contribution in [0.2, 0.25) is 0 Å². The molecule has 1 N–H and O–H groups in total. The first-order valence-corrected chi connectivity index (χ1v) is 6.98. The standard InChI is InChI=1S/C15H15BrN4/c1-10-4-5-12(16)6-13(10)11-7-18-14(19-8-11)20-15(2,3)9-17/h4-8H,1-3H3,(H,18,19,20). The van der Waals surface area contributed by atoms with Gasteiger partial charge >= 0.3 is 0 Å². The van der Waals surface area contributed by atoms with E-state index in [2.05, 4.69) is 37.3 Å². The second-order valence-electron chi connectivity index (χ2n) is 5.12. The van der Waals surface area contributed by atoms with Crippen LogP contribution in [0.5, 0.6) is 0 Å². The lowest BCUT2D eigenvalue weighted by molar-refractivity contribution is 0.717. The van der Waals surface area contributed by atoms with Gasteiger partial charge in [-0.2, -0.15) is 5.26 Å². The molecular weight excluding hydrogens is 316 g/mol. The van der Waals surface area contributed by atoms with Crippen LogP contribution in [0.1, 0.15) is 19.4 Å². The molecular formula is C15H15BrN4. The maximum absolute atomic E-state index is 8.98. The minimum absolute atomic E-state index is 0.452. The predicted octanol–water partition coefficient (Wildman–Crippen LogP) is 3.93. The molecule has 2 aromatic rings. The highest BCUT2D eigenvalue weighted by molar-refractivity contribution is 9.10. The van der Waals surface area contributed by atoms with Crippen molar-refractivity contribution in [3.8, 4) is 17.2 Å². The number of anilines is 1. The maximum Gasteiger partial charge on any atom is 0.223 e. The summed E-state index contributed by atoms with van der Waals surface area (Å²) < 4.78 is 1.02. The van der Waals surface area contributed by atoms with E-state index in [4.69, 9.17) is 5.26 Å². The smallest absolute Gasteiger partial charge is 0.223 e. The van der Waals surface area contributed by atoms with Crippen molar-refractivity contribution in [1.82, 2.24) is 9.97 Å². The summed E-state index contributed by atoms with van der Waals surface area (Å²) >= 11 is 3.47. The molecule has 0 atom stereocenters. The van der Waals surface area contributed by atoms with E-state index in [9.17, 15) is 0 Å². The Labute approximate surface area is 127 Å². The molecule has 20 heavy (non-hydrogen) atoms. The van der Waals surface area contributed by atoms with E-state index < -0.39 is 5.54 Å². The highest BCUT2D eigenvalue weighted by atomic mass is 79.9. The number of hydrogen-bond donors (Lipinski definition) is 1. The Balaban J connectivity index is 2.29. The van der Waals surface area contributed by atoms with E-state index >= 15 is 0 Å². The third-order valence-electron chi connectivity index (χ3n) is 2.87. The lowest BCUT2D eigenvalue weighted by atomic mass is 10.0. The van der Waals surface area contributed by atoms with Crippen LogP contribution in [0.25, 0.3) is 11.1 Å². The Morgan fingerprint density at radius 3 is 2.50 bits per heavy atom. The molecule has 1 heterocycles. The molecule has 0 aliphatic rings. The third-order valence-corrected chi connectivity index (χ3v) is 3.36. The summed E-state index contributed by atoms with van der Waals surface area (Å²) in [4.78, 5) is 8.54. The highest BCUT2D eigenvalue weighted by Gasteiger charge is 2.17. The minimum Gasteiger partial charge on any atom is -0.336 e. The Bertz CT molecular complexity index is 657. The molecule has 102 valence electrons. The van der Waals surface area contributed by atoms with E-state index in [-0.39, 0.29) is 0 Å². The van der Waals surface area contributed by atoms with Crippen LogP contribution in [0.4, 0.5) is 5.95 Å². The highest BCUT2D eigenvalue weighted by Crippen LogP contribution is 2.26. The van der Waals surface area contributed by atoms with E-state index in [0.717, 1.165) is 21.2 Å². The third kappa shape index (κ3) is 3.34.